The summed E-state index contributed by atoms with van der Waals surface area (Å²) in [5.41, 5.74) is 5.34. The zero-order valence-electron chi connectivity index (χ0n) is 33.7. The molecule has 0 aliphatic rings. The van der Waals surface area contributed by atoms with Crippen LogP contribution in [0, 0.1) is 0 Å². The van der Waals surface area contributed by atoms with Crippen molar-refractivity contribution in [2.24, 2.45) is 5.73 Å². The maximum absolute atomic E-state index is 12.5. The predicted octanol–water partition coefficient (Wildman–Crippen LogP) is 11.9. The first-order valence-electron chi connectivity index (χ1n) is 21.1. The van der Waals surface area contributed by atoms with Gasteiger partial charge in [0.1, 0.15) is 6.61 Å². The number of nitrogens with two attached hydrogens (primary N) is 1. The number of carbonyl (C=O) groups is 2. The third kappa shape index (κ3) is 39.5. The average Bonchev–Trinajstić information content (AvgIpc) is 3.14. The van der Waals surface area contributed by atoms with Crippen LogP contribution in [0.1, 0.15) is 181 Å². The highest BCUT2D eigenvalue weighted by Crippen LogP contribution is 2.43. The number of phosphoric acid groups is 1. The lowest BCUT2D eigenvalue weighted by Gasteiger charge is -2.19. The molecule has 0 radical (unpaired) electrons. The Morgan fingerprint density at radius 2 is 1.00 bits per heavy atom. The molecule has 0 aromatic rings. The fourth-order valence-electron chi connectivity index (χ4n) is 5.53. The van der Waals surface area contributed by atoms with Crippen molar-refractivity contribution in [2.45, 2.75) is 187 Å². The molecule has 53 heavy (non-hydrogen) atoms. The van der Waals surface area contributed by atoms with Gasteiger partial charge in [-0.05, 0) is 70.6 Å². The summed E-state index contributed by atoms with van der Waals surface area (Å²) in [6.07, 6.45) is 44.3. The molecule has 0 rings (SSSR count). The molecule has 0 saturated heterocycles. The topological polar surface area (TPSA) is 134 Å². The Kier molecular flexibility index (Phi) is 38.1. The summed E-state index contributed by atoms with van der Waals surface area (Å²) in [5, 5.41) is 0. The van der Waals surface area contributed by atoms with Crippen LogP contribution >= 0.6 is 7.82 Å². The number of phosphoric ester groups is 1. The van der Waals surface area contributed by atoms with Gasteiger partial charge in [-0.25, -0.2) is 4.57 Å². The molecule has 9 nitrogen and oxygen atoms in total. The lowest BCUT2D eigenvalue weighted by atomic mass is 10.1. The molecule has 0 fully saturated rings. The monoisotopic (exact) mass is 768 g/mol. The minimum Gasteiger partial charge on any atom is -0.462 e. The first-order chi connectivity index (χ1) is 25.8. The normalized spacial score (nSPS) is 13.8. The molecule has 0 aromatic carbocycles. The molecule has 0 aromatic heterocycles. The fraction of sp³-hybridized carbons (Fsp3) is 0.767. The van der Waals surface area contributed by atoms with E-state index in [4.69, 9.17) is 24.3 Å². The molecule has 3 N–H and O–H groups in total. The van der Waals surface area contributed by atoms with Crippen LogP contribution in [0.5, 0.6) is 0 Å². The van der Waals surface area contributed by atoms with Gasteiger partial charge in [0.2, 0.25) is 0 Å². The van der Waals surface area contributed by atoms with Gasteiger partial charge in [0.25, 0.3) is 0 Å². The lowest BCUT2D eigenvalue weighted by Crippen LogP contribution is -2.29. The molecule has 0 bridgehead atoms. The molecule has 10 heteroatoms. The number of rotatable bonds is 39. The van der Waals surface area contributed by atoms with Crippen molar-refractivity contribution in [3.8, 4) is 0 Å². The van der Waals surface area contributed by atoms with Gasteiger partial charge in [-0.15, -0.1) is 0 Å². The van der Waals surface area contributed by atoms with E-state index in [2.05, 4.69) is 56.4 Å². The molecule has 0 saturated carbocycles. The van der Waals surface area contributed by atoms with E-state index in [1.807, 2.05) is 6.08 Å². The van der Waals surface area contributed by atoms with Crippen molar-refractivity contribution in [3.63, 3.8) is 0 Å². The van der Waals surface area contributed by atoms with Crippen LogP contribution in [0.15, 0.2) is 48.6 Å². The Bertz CT molecular complexity index is 1010. The SMILES string of the molecule is CCCCCCCC/C=C\C/C=C\C/C=C\CCCC(=O)O[C@H](COC(=O)CCCCCCC/C=C\CCCCCCCC)COP(=O)(O)OCCN. The summed E-state index contributed by atoms with van der Waals surface area (Å²) in [4.78, 5) is 34.8. The minimum absolute atomic E-state index is 0.0434. The second kappa shape index (κ2) is 39.7. The van der Waals surface area contributed by atoms with E-state index in [1.165, 1.54) is 83.5 Å². The highest BCUT2D eigenvalue weighted by Gasteiger charge is 2.25. The minimum atomic E-state index is -4.39. The van der Waals surface area contributed by atoms with Crippen LogP contribution < -0.4 is 5.73 Å². The number of carbonyl (C=O) groups excluding carboxylic acids is 2. The van der Waals surface area contributed by atoms with Gasteiger partial charge in [-0.3, -0.25) is 18.6 Å². The Labute approximate surface area is 324 Å². The van der Waals surface area contributed by atoms with E-state index in [-0.39, 0.29) is 32.6 Å². The Morgan fingerprint density at radius 1 is 0.566 bits per heavy atom. The van der Waals surface area contributed by atoms with E-state index in [0.29, 0.717) is 19.3 Å². The summed E-state index contributed by atoms with van der Waals surface area (Å²) in [7, 11) is -4.39. The smallest absolute Gasteiger partial charge is 0.462 e. The van der Waals surface area contributed by atoms with Crippen LogP contribution in [-0.4, -0.2) is 49.3 Å². The number of ether oxygens (including phenoxy) is 2. The number of allylic oxidation sites excluding steroid dienone is 8. The van der Waals surface area contributed by atoms with E-state index in [0.717, 1.165) is 51.4 Å². The van der Waals surface area contributed by atoms with Gasteiger partial charge in [0.05, 0.1) is 13.2 Å². The van der Waals surface area contributed by atoms with E-state index in [1.54, 1.807) is 0 Å². The van der Waals surface area contributed by atoms with Gasteiger partial charge in [0.15, 0.2) is 6.10 Å². The maximum atomic E-state index is 12.5. The molecule has 1 unspecified atom stereocenters. The standard InChI is InChI=1S/C43H78NO8P/c1-3-5-7-9-11-13-15-17-19-20-22-24-26-28-30-32-34-36-43(46)52-41(40-51-53(47,48)50-38-37-44)39-49-42(45)35-33-31-29-27-25-23-21-18-16-14-12-10-8-6-4-2/h17-19,21-22,24,28,30,41H,3-16,20,23,25-27,29,31-40,44H2,1-2H3,(H,47,48)/b19-17-,21-18-,24-22-,30-28-/t41-/m1/s1. The number of hydrogen-bond donors (Lipinski definition) is 2. The Morgan fingerprint density at radius 3 is 1.53 bits per heavy atom. The van der Waals surface area contributed by atoms with Crippen molar-refractivity contribution in [1.82, 2.24) is 0 Å². The summed E-state index contributed by atoms with van der Waals surface area (Å²) in [6.45, 7) is 3.65. The molecule has 0 amide bonds. The quantitative estimate of drug-likeness (QED) is 0.0271. The van der Waals surface area contributed by atoms with Crippen LogP contribution in [0.4, 0.5) is 0 Å². The van der Waals surface area contributed by atoms with Crippen LogP contribution in [0.25, 0.3) is 0 Å². The van der Waals surface area contributed by atoms with Crippen molar-refractivity contribution < 1.29 is 37.6 Å². The molecule has 0 aliphatic carbocycles. The summed E-state index contributed by atoms with van der Waals surface area (Å²) >= 11 is 0. The number of hydrogen-bond acceptors (Lipinski definition) is 8. The van der Waals surface area contributed by atoms with Crippen molar-refractivity contribution in [3.05, 3.63) is 48.6 Å². The molecule has 2 atom stereocenters. The van der Waals surface area contributed by atoms with Crippen molar-refractivity contribution >= 4 is 19.8 Å². The lowest BCUT2D eigenvalue weighted by molar-refractivity contribution is -0.161. The average molecular weight is 768 g/mol. The number of unbranched alkanes of at least 4 members (excludes halogenated alkanes) is 18. The van der Waals surface area contributed by atoms with Crippen molar-refractivity contribution in [1.29, 1.82) is 0 Å². The number of esters is 2. The first kappa shape index (κ1) is 51.0. The second-order valence-corrected chi connectivity index (χ2v) is 15.3. The van der Waals surface area contributed by atoms with Gasteiger partial charge >= 0.3 is 19.8 Å². The van der Waals surface area contributed by atoms with Gasteiger partial charge in [-0.2, -0.15) is 0 Å². The molecular formula is C43H78NO8P. The van der Waals surface area contributed by atoms with E-state index < -0.39 is 32.5 Å². The third-order valence-corrected chi connectivity index (χ3v) is 9.67. The predicted molar refractivity (Wildman–Crippen MR) is 220 cm³/mol. The van der Waals surface area contributed by atoms with Crippen LogP contribution in [-0.2, 0) is 32.7 Å². The zero-order chi connectivity index (χ0) is 38.9. The fourth-order valence-corrected chi connectivity index (χ4v) is 6.29. The Balaban J connectivity index is 4.28. The summed E-state index contributed by atoms with van der Waals surface area (Å²) in [5.74, 6) is -0.901. The summed E-state index contributed by atoms with van der Waals surface area (Å²) in [6, 6.07) is 0. The highest BCUT2D eigenvalue weighted by molar-refractivity contribution is 7.47. The van der Waals surface area contributed by atoms with Gasteiger partial charge in [-0.1, -0.05) is 146 Å². The molecule has 0 heterocycles. The Hall–Kier alpha value is -2.03. The van der Waals surface area contributed by atoms with Crippen LogP contribution in [0.3, 0.4) is 0 Å². The largest absolute Gasteiger partial charge is 0.472 e. The molecule has 0 spiro atoms. The molecule has 308 valence electrons. The maximum Gasteiger partial charge on any atom is 0.472 e. The zero-order valence-corrected chi connectivity index (χ0v) is 34.6. The highest BCUT2D eigenvalue weighted by atomic mass is 31.2. The van der Waals surface area contributed by atoms with Gasteiger partial charge < -0.3 is 20.1 Å². The molecule has 0 aliphatic heterocycles. The summed E-state index contributed by atoms with van der Waals surface area (Å²) < 4.78 is 32.7. The second-order valence-electron chi connectivity index (χ2n) is 13.8. The van der Waals surface area contributed by atoms with E-state index >= 15 is 0 Å². The van der Waals surface area contributed by atoms with Crippen molar-refractivity contribution in [2.75, 3.05) is 26.4 Å². The molecular weight excluding hydrogens is 689 g/mol. The van der Waals surface area contributed by atoms with Crippen LogP contribution in [0.2, 0.25) is 0 Å². The van der Waals surface area contributed by atoms with Gasteiger partial charge in [0, 0.05) is 19.4 Å². The third-order valence-electron chi connectivity index (χ3n) is 8.69. The van der Waals surface area contributed by atoms with E-state index in [9.17, 15) is 19.0 Å². The first-order valence-corrected chi connectivity index (χ1v) is 22.6.